The number of benzene rings is 3. The summed E-state index contributed by atoms with van der Waals surface area (Å²) in [5, 5.41) is 8.20. The Morgan fingerprint density at radius 2 is 1.17 bits per heavy atom. The first kappa shape index (κ1) is 17.1. The number of thiophene rings is 2. The average Bonchev–Trinajstić information content (AvgIpc) is 3.50. The maximum absolute atomic E-state index is 5.17. The Morgan fingerprint density at radius 1 is 0.586 bits per heavy atom. The van der Waals surface area contributed by atoms with Crippen LogP contribution in [0.4, 0.5) is 0 Å². The van der Waals surface area contributed by atoms with Crippen LogP contribution in [0.1, 0.15) is 0 Å². The monoisotopic (exact) mass is 425 g/mol. The fraction of sp³-hybridized carbons (Fsp3) is 0. The molecule has 0 radical (unpaired) electrons. The highest BCUT2D eigenvalue weighted by atomic mass is 32.1. The normalized spacial score (nSPS) is 11.4. The van der Waals surface area contributed by atoms with Crippen LogP contribution in [0.2, 0.25) is 0 Å². The van der Waals surface area contributed by atoms with Crippen LogP contribution in [-0.4, -0.2) is 4.98 Å². The molecule has 3 aromatic carbocycles. The van der Waals surface area contributed by atoms with Gasteiger partial charge in [-0.05, 0) is 12.1 Å². The molecule has 6 aromatic rings. The van der Waals surface area contributed by atoms with Crippen LogP contribution in [0, 0.1) is 0 Å². The summed E-state index contributed by atoms with van der Waals surface area (Å²) in [5.41, 5.74) is 4.78. The first-order valence-electron chi connectivity index (χ1n) is 9.38. The van der Waals surface area contributed by atoms with Crippen molar-refractivity contribution in [3.63, 3.8) is 0 Å². The number of thiazole rings is 1. The Bertz CT molecular complexity index is 1360. The van der Waals surface area contributed by atoms with Crippen molar-refractivity contribution in [2.24, 2.45) is 0 Å². The molecule has 0 bridgehead atoms. The van der Waals surface area contributed by atoms with E-state index >= 15 is 0 Å². The molecule has 3 heterocycles. The van der Waals surface area contributed by atoms with Crippen molar-refractivity contribution >= 4 is 54.2 Å². The molecule has 0 saturated carbocycles. The van der Waals surface area contributed by atoms with Crippen LogP contribution in [0.25, 0.3) is 52.4 Å². The van der Waals surface area contributed by atoms with Gasteiger partial charge in [0.1, 0.15) is 5.01 Å². The molecule has 0 amide bonds. The highest BCUT2D eigenvalue weighted by molar-refractivity contribution is 7.21. The van der Waals surface area contributed by atoms with Gasteiger partial charge in [0.05, 0.1) is 10.6 Å². The fourth-order valence-electron chi connectivity index (χ4n) is 3.70. The van der Waals surface area contributed by atoms with Gasteiger partial charge in [0.15, 0.2) is 0 Å². The van der Waals surface area contributed by atoms with Crippen molar-refractivity contribution in [1.82, 2.24) is 4.98 Å². The van der Waals surface area contributed by atoms with Crippen LogP contribution in [0.5, 0.6) is 0 Å². The lowest BCUT2D eigenvalue weighted by atomic mass is 10.1. The zero-order chi connectivity index (χ0) is 19.2. The number of rotatable bonds is 3. The van der Waals surface area contributed by atoms with Gasteiger partial charge in [0.2, 0.25) is 0 Å². The number of aromatic nitrogens is 1. The van der Waals surface area contributed by atoms with Crippen molar-refractivity contribution in [1.29, 1.82) is 0 Å². The minimum atomic E-state index is 1.07. The average molecular weight is 426 g/mol. The highest BCUT2D eigenvalue weighted by Crippen LogP contribution is 2.47. The Balaban J connectivity index is 1.65. The van der Waals surface area contributed by atoms with E-state index in [-0.39, 0.29) is 0 Å². The van der Waals surface area contributed by atoms with Crippen LogP contribution < -0.4 is 0 Å². The van der Waals surface area contributed by atoms with Gasteiger partial charge < -0.3 is 0 Å². The Labute approximate surface area is 180 Å². The van der Waals surface area contributed by atoms with Gasteiger partial charge in [-0.25, -0.2) is 4.98 Å². The van der Waals surface area contributed by atoms with Gasteiger partial charge in [0, 0.05) is 47.6 Å². The number of nitrogens with zero attached hydrogens (tertiary/aromatic N) is 1. The van der Waals surface area contributed by atoms with E-state index in [4.69, 9.17) is 4.98 Å². The van der Waals surface area contributed by atoms with Crippen molar-refractivity contribution in [2.75, 3.05) is 0 Å². The quantitative estimate of drug-likeness (QED) is 0.277. The predicted molar refractivity (Wildman–Crippen MR) is 129 cm³/mol. The molecule has 0 aliphatic carbocycles. The molecular formula is C25H15NS3. The lowest BCUT2D eigenvalue weighted by Crippen LogP contribution is -1.81. The molecule has 6 rings (SSSR count). The maximum atomic E-state index is 5.17. The fourth-order valence-corrected chi connectivity index (χ4v) is 6.79. The molecule has 0 N–H and O–H groups in total. The highest BCUT2D eigenvalue weighted by Gasteiger charge is 2.20. The van der Waals surface area contributed by atoms with Crippen molar-refractivity contribution < 1.29 is 0 Å². The Hall–Kier alpha value is -2.79. The Kier molecular flexibility index (Phi) is 4.08. The summed E-state index contributed by atoms with van der Waals surface area (Å²) < 4.78 is 2.62. The van der Waals surface area contributed by atoms with Gasteiger partial charge in [-0.15, -0.1) is 34.0 Å². The van der Waals surface area contributed by atoms with Gasteiger partial charge >= 0.3 is 0 Å². The van der Waals surface area contributed by atoms with E-state index in [9.17, 15) is 0 Å². The number of fused-ring (bicyclic) bond motifs is 2. The van der Waals surface area contributed by atoms with Crippen LogP contribution in [0.15, 0.2) is 89.6 Å². The standard InChI is InChI=1S/C25H15NS3/c1-2-8-16(9-3-1)25-26-23(19-14-27-21-12-6-4-10-17(19)21)24(29-25)20-15-28-22-13-7-5-11-18(20)22/h1-15H. The number of hydrogen-bond donors (Lipinski definition) is 0. The van der Waals surface area contributed by atoms with Crippen LogP contribution in [0.3, 0.4) is 0 Å². The second-order valence-electron chi connectivity index (χ2n) is 6.85. The van der Waals surface area contributed by atoms with E-state index in [0.29, 0.717) is 0 Å². The predicted octanol–water partition coefficient (Wildman–Crippen LogP) is 8.57. The number of hydrogen-bond acceptors (Lipinski definition) is 4. The molecule has 0 aliphatic rings. The van der Waals surface area contributed by atoms with Crippen molar-refractivity contribution in [2.45, 2.75) is 0 Å². The molecule has 0 aliphatic heterocycles. The minimum absolute atomic E-state index is 1.07. The SMILES string of the molecule is c1ccc(-c2nc(-c3csc4ccccc34)c(-c3csc4ccccc34)s2)cc1. The van der Waals surface area contributed by atoms with E-state index in [0.717, 1.165) is 10.7 Å². The topological polar surface area (TPSA) is 12.9 Å². The Morgan fingerprint density at radius 3 is 1.90 bits per heavy atom. The third-order valence-electron chi connectivity index (χ3n) is 5.11. The molecule has 0 unspecified atom stereocenters. The van der Waals surface area contributed by atoms with E-state index < -0.39 is 0 Å². The minimum Gasteiger partial charge on any atom is -0.235 e. The summed E-state index contributed by atoms with van der Waals surface area (Å²) >= 11 is 5.39. The molecule has 29 heavy (non-hydrogen) atoms. The largest absolute Gasteiger partial charge is 0.235 e. The summed E-state index contributed by atoms with van der Waals surface area (Å²) in [4.78, 5) is 6.42. The first-order valence-corrected chi connectivity index (χ1v) is 12.0. The first-order chi connectivity index (χ1) is 14.4. The third-order valence-corrected chi connectivity index (χ3v) is 8.17. The molecule has 0 spiro atoms. The van der Waals surface area contributed by atoms with Crippen molar-refractivity contribution in [3.05, 3.63) is 89.6 Å². The second-order valence-corrected chi connectivity index (χ2v) is 9.68. The van der Waals surface area contributed by atoms with Gasteiger partial charge in [-0.2, -0.15) is 0 Å². The van der Waals surface area contributed by atoms with E-state index in [1.807, 2.05) is 0 Å². The smallest absolute Gasteiger partial charge is 0.124 e. The maximum Gasteiger partial charge on any atom is 0.124 e. The molecule has 1 nitrogen and oxygen atoms in total. The molecule has 0 fully saturated rings. The van der Waals surface area contributed by atoms with E-state index in [1.165, 1.54) is 41.7 Å². The lowest BCUT2D eigenvalue weighted by Gasteiger charge is -2.01. The van der Waals surface area contributed by atoms with Crippen molar-refractivity contribution in [3.8, 4) is 32.3 Å². The zero-order valence-corrected chi connectivity index (χ0v) is 17.8. The van der Waals surface area contributed by atoms with Crippen LogP contribution >= 0.6 is 34.0 Å². The molecular weight excluding hydrogens is 410 g/mol. The van der Waals surface area contributed by atoms with Gasteiger partial charge in [-0.3, -0.25) is 0 Å². The molecule has 4 heteroatoms. The zero-order valence-electron chi connectivity index (χ0n) is 15.3. The molecule has 138 valence electrons. The van der Waals surface area contributed by atoms with E-state index in [1.54, 1.807) is 34.0 Å². The summed E-state index contributed by atoms with van der Waals surface area (Å²) in [6.07, 6.45) is 0. The third kappa shape index (κ3) is 2.84. The summed E-state index contributed by atoms with van der Waals surface area (Å²) in [6, 6.07) is 27.8. The molecule has 3 aromatic heterocycles. The van der Waals surface area contributed by atoms with Gasteiger partial charge in [-0.1, -0.05) is 66.7 Å². The second kappa shape index (κ2) is 6.92. The summed E-state index contributed by atoms with van der Waals surface area (Å²) in [6.45, 7) is 0. The van der Waals surface area contributed by atoms with Crippen LogP contribution in [-0.2, 0) is 0 Å². The molecule has 0 saturated heterocycles. The van der Waals surface area contributed by atoms with Gasteiger partial charge in [0.25, 0.3) is 0 Å². The summed E-state index contributed by atoms with van der Waals surface area (Å²) in [7, 11) is 0. The lowest BCUT2D eigenvalue weighted by molar-refractivity contribution is 1.42. The molecule has 0 atom stereocenters. The summed E-state index contributed by atoms with van der Waals surface area (Å²) in [5.74, 6) is 0. The van der Waals surface area contributed by atoms with E-state index in [2.05, 4.69) is 89.6 Å².